The molecule has 0 spiro atoms. The van der Waals surface area contributed by atoms with Crippen LogP contribution in [0.5, 0.6) is 0 Å². The summed E-state index contributed by atoms with van der Waals surface area (Å²) in [6, 6.07) is 10.3. The lowest BCUT2D eigenvalue weighted by Gasteiger charge is -2.16. The van der Waals surface area contributed by atoms with Gasteiger partial charge >= 0.3 is 0 Å². The Bertz CT molecular complexity index is 761. The van der Waals surface area contributed by atoms with Crippen molar-refractivity contribution in [3.63, 3.8) is 0 Å². The van der Waals surface area contributed by atoms with Gasteiger partial charge in [-0.1, -0.05) is 35.9 Å². The van der Waals surface area contributed by atoms with Gasteiger partial charge in [0.05, 0.1) is 11.1 Å². The number of nitrogens with one attached hydrogen (secondary N) is 2. The van der Waals surface area contributed by atoms with Gasteiger partial charge in [-0.05, 0) is 41.7 Å². The smallest absolute Gasteiger partial charge is 0.267 e. The SMILES string of the molecule is O=C(/C=C/c1cnc(NC2CCc3ccccc32)c(Cl)c1)NO. The minimum atomic E-state index is -0.606. The summed E-state index contributed by atoms with van der Waals surface area (Å²) in [6.07, 6.45) is 6.40. The van der Waals surface area contributed by atoms with Gasteiger partial charge in [-0.25, -0.2) is 10.5 Å². The summed E-state index contributed by atoms with van der Waals surface area (Å²) in [6.45, 7) is 0. The minimum Gasteiger partial charge on any atom is -0.362 e. The number of hydrogen-bond acceptors (Lipinski definition) is 4. The van der Waals surface area contributed by atoms with E-state index in [-0.39, 0.29) is 6.04 Å². The Labute approximate surface area is 139 Å². The summed E-state index contributed by atoms with van der Waals surface area (Å²) in [5.41, 5.74) is 4.85. The van der Waals surface area contributed by atoms with Gasteiger partial charge in [-0.3, -0.25) is 10.0 Å². The predicted octanol–water partition coefficient (Wildman–Crippen LogP) is 3.35. The number of carbonyl (C=O) groups is 1. The van der Waals surface area contributed by atoms with Gasteiger partial charge in [0.2, 0.25) is 0 Å². The van der Waals surface area contributed by atoms with E-state index in [0.717, 1.165) is 12.8 Å². The van der Waals surface area contributed by atoms with Crippen molar-refractivity contribution in [1.29, 1.82) is 0 Å². The second-order valence-corrected chi connectivity index (χ2v) is 5.75. The number of benzene rings is 1. The zero-order valence-electron chi connectivity index (χ0n) is 12.3. The molecule has 2 aromatic rings. The molecule has 0 saturated carbocycles. The lowest BCUT2D eigenvalue weighted by molar-refractivity contribution is -0.124. The Kier molecular flexibility index (Phi) is 4.60. The van der Waals surface area contributed by atoms with Crippen LogP contribution in [0.25, 0.3) is 6.08 Å². The van der Waals surface area contributed by atoms with Crippen LogP contribution in [0.4, 0.5) is 5.82 Å². The summed E-state index contributed by atoms with van der Waals surface area (Å²) in [5.74, 6) is 0.0167. The van der Waals surface area contributed by atoms with Crippen molar-refractivity contribution in [3.8, 4) is 0 Å². The standard InChI is InChI=1S/C17H16ClN3O2/c18-14-9-11(5-8-16(22)21-23)10-19-17(14)20-15-7-6-12-3-1-2-4-13(12)15/h1-5,8-10,15,23H,6-7H2,(H,19,20)(H,21,22)/b8-5+. The molecule has 1 amide bonds. The number of hydroxylamine groups is 1. The molecule has 3 rings (SSSR count). The average molecular weight is 330 g/mol. The van der Waals surface area contributed by atoms with E-state index in [1.807, 2.05) is 6.07 Å². The van der Waals surface area contributed by atoms with E-state index in [2.05, 4.69) is 28.5 Å². The number of aryl methyl sites for hydroxylation is 1. The first kappa shape index (κ1) is 15.5. The number of aromatic nitrogens is 1. The summed E-state index contributed by atoms with van der Waals surface area (Å²) in [5, 5.41) is 12.3. The average Bonchev–Trinajstić information content (AvgIpc) is 2.98. The molecule has 0 aliphatic heterocycles. The molecule has 118 valence electrons. The van der Waals surface area contributed by atoms with Crippen LogP contribution in [-0.4, -0.2) is 16.1 Å². The zero-order chi connectivity index (χ0) is 16.2. The molecule has 0 bridgehead atoms. The molecule has 0 fully saturated rings. The highest BCUT2D eigenvalue weighted by molar-refractivity contribution is 6.33. The molecular formula is C17H16ClN3O2. The Morgan fingerprint density at radius 1 is 1.39 bits per heavy atom. The molecule has 1 aliphatic rings. The molecule has 6 heteroatoms. The van der Waals surface area contributed by atoms with E-state index >= 15 is 0 Å². The van der Waals surface area contributed by atoms with Gasteiger partial charge in [0, 0.05) is 12.3 Å². The van der Waals surface area contributed by atoms with Crippen molar-refractivity contribution in [2.24, 2.45) is 0 Å². The molecule has 23 heavy (non-hydrogen) atoms. The van der Waals surface area contributed by atoms with Crippen LogP contribution in [0.1, 0.15) is 29.2 Å². The highest BCUT2D eigenvalue weighted by atomic mass is 35.5. The summed E-state index contributed by atoms with van der Waals surface area (Å²) in [4.78, 5) is 15.3. The molecule has 1 aromatic heterocycles. The maximum Gasteiger partial charge on any atom is 0.267 e. The maximum atomic E-state index is 11.0. The largest absolute Gasteiger partial charge is 0.362 e. The highest BCUT2D eigenvalue weighted by Gasteiger charge is 2.22. The number of amides is 1. The van der Waals surface area contributed by atoms with Crippen LogP contribution in [0.2, 0.25) is 5.02 Å². The topological polar surface area (TPSA) is 74.2 Å². The van der Waals surface area contributed by atoms with Crippen molar-refractivity contribution in [2.75, 3.05) is 5.32 Å². The first-order valence-corrected chi connectivity index (χ1v) is 7.67. The van der Waals surface area contributed by atoms with Crippen molar-refractivity contribution in [3.05, 3.63) is 64.3 Å². The van der Waals surface area contributed by atoms with E-state index < -0.39 is 5.91 Å². The highest BCUT2D eigenvalue weighted by Crippen LogP contribution is 2.34. The fraction of sp³-hybridized carbons (Fsp3) is 0.176. The molecule has 1 atom stereocenters. The lowest BCUT2D eigenvalue weighted by atomic mass is 10.1. The van der Waals surface area contributed by atoms with Gasteiger partial charge in [-0.15, -0.1) is 0 Å². The van der Waals surface area contributed by atoms with E-state index in [1.54, 1.807) is 12.3 Å². The van der Waals surface area contributed by atoms with Crippen LogP contribution < -0.4 is 10.8 Å². The van der Waals surface area contributed by atoms with E-state index in [0.29, 0.717) is 16.4 Å². The Morgan fingerprint density at radius 2 is 2.22 bits per heavy atom. The Hall–Kier alpha value is -2.37. The molecule has 1 aliphatic carbocycles. The zero-order valence-corrected chi connectivity index (χ0v) is 13.0. The fourth-order valence-electron chi connectivity index (χ4n) is 2.73. The third kappa shape index (κ3) is 3.52. The molecule has 1 heterocycles. The normalized spacial score (nSPS) is 16.3. The van der Waals surface area contributed by atoms with E-state index in [1.165, 1.54) is 28.8 Å². The molecule has 0 saturated heterocycles. The second kappa shape index (κ2) is 6.81. The molecule has 1 unspecified atom stereocenters. The molecule has 3 N–H and O–H groups in total. The van der Waals surface area contributed by atoms with Gasteiger partial charge in [0.1, 0.15) is 5.82 Å². The number of anilines is 1. The van der Waals surface area contributed by atoms with Crippen LogP contribution in [0, 0.1) is 0 Å². The monoisotopic (exact) mass is 329 g/mol. The van der Waals surface area contributed by atoms with Gasteiger partial charge in [0.15, 0.2) is 0 Å². The Morgan fingerprint density at radius 3 is 3.00 bits per heavy atom. The summed E-state index contributed by atoms with van der Waals surface area (Å²) < 4.78 is 0. The van der Waals surface area contributed by atoms with Crippen molar-refractivity contribution < 1.29 is 10.0 Å². The third-order valence-corrected chi connectivity index (χ3v) is 4.13. The van der Waals surface area contributed by atoms with Crippen molar-refractivity contribution >= 4 is 29.4 Å². The third-order valence-electron chi connectivity index (χ3n) is 3.84. The van der Waals surface area contributed by atoms with Crippen molar-refractivity contribution in [2.45, 2.75) is 18.9 Å². The van der Waals surface area contributed by atoms with Crippen LogP contribution in [-0.2, 0) is 11.2 Å². The number of nitrogens with zero attached hydrogens (tertiary/aromatic N) is 1. The number of hydrogen-bond donors (Lipinski definition) is 3. The maximum absolute atomic E-state index is 11.0. The number of pyridine rings is 1. The van der Waals surface area contributed by atoms with Gasteiger partial charge in [0.25, 0.3) is 5.91 Å². The Balaban J connectivity index is 1.75. The fourth-order valence-corrected chi connectivity index (χ4v) is 2.96. The summed E-state index contributed by atoms with van der Waals surface area (Å²) in [7, 11) is 0. The molecule has 0 radical (unpaired) electrons. The van der Waals surface area contributed by atoms with E-state index in [9.17, 15) is 4.79 Å². The minimum absolute atomic E-state index is 0.206. The molecular weight excluding hydrogens is 314 g/mol. The van der Waals surface area contributed by atoms with Crippen LogP contribution in [0.15, 0.2) is 42.6 Å². The van der Waals surface area contributed by atoms with Crippen molar-refractivity contribution in [1.82, 2.24) is 10.5 Å². The van der Waals surface area contributed by atoms with E-state index in [4.69, 9.17) is 16.8 Å². The lowest BCUT2D eigenvalue weighted by Crippen LogP contribution is -2.14. The first-order valence-electron chi connectivity index (χ1n) is 7.29. The number of carbonyl (C=O) groups excluding carboxylic acids is 1. The first-order chi connectivity index (χ1) is 11.2. The van der Waals surface area contributed by atoms with Crippen LogP contribution >= 0.6 is 11.6 Å². The molecule has 5 nitrogen and oxygen atoms in total. The predicted molar refractivity (Wildman–Crippen MR) is 89.3 cm³/mol. The number of halogens is 1. The number of fused-ring (bicyclic) bond motifs is 1. The summed E-state index contributed by atoms with van der Waals surface area (Å²) >= 11 is 6.28. The number of rotatable bonds is 4. The van der Waals surface area contributed by atoms with Gasteiger partial charge < -0.3 is 5.32 Å². The van der Waals surface area contributed by atoms with Crippen LogP contribution in [0.3, 0.4) is 0 Å². The quantitative estimate of drug-likeness (QED) is 0.457. The second-order valence-electron chi connectivity index (χ2n) is 5.34. The van der Waals surface area contributed by atoms with Gasteiger partial charge in [-0.2, -0.15) is 0 Å². The molecule has 1 aromatic carbocycles.